The fourth-order valence-electron chi connectivity index (χ4n) is 6.70. The van der Waals surface area contributed by atoms with E-state index in [0.29, 0.717) is 45.3 Å². The molecule has 41 heavy (non-hydrogen) atoms. The van der Waals surface area contributed by atoms with Crippen LogP contribution in [-0.2, 0) is 20.9 Å². The number of rotatable bonds is 7. The highest BCUT2D eigenvalue weighted by Crippen LogP contribution is 2.44. The van der Waals surface area contributed by atoms with E-state index in [2.05, 4.69) is 46.6 Å². The molecule has 8 heteroatoms. The number of likely N-dealkylation sites (tertiary alicyclic amines) is 2. The van der Waals surface area contributed by atoms with Crippen LogP contribution in [0.1, 0.15) is 48.3 Å². The van der Waals surface area contributed by atoms with E-state index in [9.17, 15) is 19.5 Å². The van der Waals surface area contributed by atoms with E-state index in [0.717, 1.165) is 28.8 Å². The van der Waals surface area contributed by atoms with Crippen LogP contribution in [-0.4, -0.2) is 70.7 Å². The molecule has 2 aliphatic heterocycles. The van der Waals surface area contributed by atoms with Gasteiger partial charge in [-0.05, 0) is 53.5 Å². The summed E-state index contributed by atoms with van der Waals surface area (Å²) in [6.45, 7) is 2.45. The van der Waals surface area contributed by atoms with Crippen molar-refractivity contribution in [2.24, 2.45) is 0 Å². The van der Waals surface area contributed by atoms with Crippen LogP contribution in [0.25, 0.3) is 11.1 Å². The molecule has 2 heterocycles. The molecule has 212 valence electrons. The number of carboxylic acid groups (broad SMARTS) is 1. The van der Waals surface area contributed by atoms with E-state index >= 15 is 0 Å². The molecule has 0 unspecified atom stereocenters. The van der Waals surface area contributed by atoms with Crippen molar-refractivity contribution in [3.05, 3.63) is 95.6 Å². The van der Waals surface area contributed by atoms with Gasteiger partial charge in [0.2, 0.25) is 5.91 Å². The second-order valence-electron chi connectivity index (χ2n) is 11.3. The van der Waals surface area contributed by atoms with Gasteiger partial charge < -0.3 is 20.1 Å². The van der Waals surface area contributed by atoms with Crippen LogP contribution < -0.4 is 5.32 Å². The average molecular weight is 554 g/mol. The summed E-state index contributed by atoms with van der Waals surface area (Å²) in [5.41, 5.74) is 4.48. The third-order valence-corrected chi connectivity index (χ3v) is 8.85. The number of benzene rings is 3. The van der Waals surface area contributed by atoms with Crippen molar-refractivity contribution >= 4 is 18.0 Å². The van der Waals surface area contributed by atoms with Crippen LogP contribution >= 0.6 is 0 Å². The summed E-state index contributed by atoms with van der Waals surface area (Å²) in [6, 6.07) is 25.6. The van der Waals surface area contributed by atoms with Crippen LogP contribution in [0.15, 0.2) is 78.9 Å². The van der Waals surface area contributed by atoms with Gasteiger partial charge in [0, 0.05) is 32.1 Å². The molecule has 2 saturated heterocycles. The molecule has 6 rings (SSSR count). The largest absolute Gasteiger partial charge is 0.480 e. The maximum Gasteiger partial charge on any atom is 0.408 e. The number of alkyl carbamates (subject to hydrolysis) is 1. The lowest BCUT2D eigenvalue weighted by atomic mass is 9.85. The summed E-state index contributed by atoms with van der Waals surface area (Å²) in [5, 5.41) is 12.7. The highest BCUT2D eigenvalue weighted by molar-refractivity contribution is 5.93. The van der Waals surface area contributed by atoms with Crippen LogP contribution in [0.5, 0.6) is 0 Å². The first-order chi connectivity index (χ1) is 19.9. The SMILES string of the molecule is O=C(NC1(C(=O)N2CCC[C@@H]2C(=O)O)CCN(Cc2ccccc2)CC1)OCC1c2ccccc2-c2ccccc21. The first-order valence-electron chi connectivity index (χ1n) is 14.4. The molecule has 0 saturated carbocycles. The zero-order valence-corrected chi connectivity index (χ0v) is 23.0. The fraction of sp³-hybridized carbons (Fsp3) is 0.364. The Morgan fingerprint density at radius 1 is 0.854 bits per heavy atom. The van der Waals surface area contributed by atoms with Crippen molar-refractivity contribution in [1.29, 1.82) is 0 Å². The van der Waals surface area contributed by atoms with Crippen molar-refractivity contribution in [2.75, 3.05) is 26.2 Å². The predicted molar refractivity (Wildman–Crippen MR) is 154 cm³/mol. The molecule has 0 bridgehead atoms. The summed E-state index contributed by atoms with van der Waals surface area (Å²) in [5.74, 6) is -1.42. The van der Waals surface area contributed by atoms with E-state index in [1.165, 1.54) is 10.5 Å². The number of hydrogen-bond donors (Lipinski definition) is 2. The number of carbonyl (C=O) groups is 3. The zero-order valence-electron chi connectivity index (χ0n) is 23.0. The lowest BCUT2D eigenvalue weighted by Gasteiger charge is -2.43. The van der Waals surface area contributed by atoms with Crippen molar-refractivity contribution in [3.63, 3.8) is 0 Å². The average Bonchev–Trinajstić information content (AvgIpc) is 3.61. The molecule has 0 aromatic heterocycles. The monoisotopic (exact) mass is 553 g/mol. The smallest absolute Gasteiger partial charge is 0.408 e. The van der Waals surface area contributed by atoms with Gasteiger partial charge >= 0.3 is 12.1 Å². The van der Waals surface area contributed by atoms with Gasteiger partial charge in [0.1, 0.15) is 18.2 Å². The van der Waals surface area contributed by atoms with Gasteiger partial charge in [-0.25, -0.2) is 9.59 Å². The number of aliphatic carboxylic acids is 1. The first kappa shape index (κ1) is 27.0. The molecule has 0 spiro atoms. The molecule has 0 radical (unpaired) electrons. The van der Waals surface area contributed by atoms with Gasteiger partial charge in [0.05, 0.1) is 0 Å². The van der Waals surface area contributed by atoms with E-state index in [1.807, 2.05) is 42.5 Å². The maximum atomic E-state index is 14.0. The molecule has 2 amide bonds. The third-order valence-electron chi connectivity index (χ3n) is 8.85. The van der Waals surface area contributed by atoms with Crippen LogP contribution in [0.4, 0.5) is 4.79 Å². The minimum absolute atomic E-state index is 0.0949. The minimum Gasteiger partial charge on any atom is -0.480 e. The quantitative estimate of drug-likeness (QED) is 0.443. The number of hydrogen-bond acceptors (Lipinski definition) is 5. The molecule has 8 nitrogen and oxygen atoms in total. The number of ether oxygens (including phenoxy) is 1. The summed E-state index contributed by atoms with van der Waals surface area (Å²) in [7, 11) is 0. The summed E-state index contributed by atoms with van der Waals surface area (Å²) >= 11 is 0. The molecular weight excluding hydrogens is 518 g/mol. The molecule has 1 aliphatic carbocycles. The maximum absolute atomic E-state index is 14.0. The van der Waals surface area contributed by atoms with Crippen LogP contribution in [0, 0.1) is 0 Å². The first-order valence-corrected chi connectivity index (χ1v) is 14.4. The topological polar surface area (TPSA) is 99.2 Å². The second kappa shape index (κ2) is 11.4. The Morgan fingerprint density at radius 3 is 2.10 bits per heavy atom. The van der Waals surface area contributed by atoms with Crippen molar-refractivity contribution in [2.45, 2.75) is 49.7 Å². The zero-order chi connectivity index (χ0) is 28.4. The minimum atomic E-state index is -1.21. The standard InChI is InChI=1S/C33H35N3O5/c37-30(38)29-15-8-18-36(29)31(39)33(16-19-35(20-17-33)21-23-9-2-1-3-10-23)34-32(40)41-22-28-26-13-6-4-11-24(26)25-12-5-7-14-27(25)28/h1-7,9-14,28-29H,8,15-22H2,(H,34,40)(H,37,38)/t29-/m1/s1. The van der Waals surface area contributed by atoms with Crippen LogP contribution in [0.2, 0.25) is 0 Å². The Kier molecular flexibility index (Phi) is 7.49. The van der Waals surface area contributed by atoms with Crippen molar-refractivity contribution in [1.82, 2.24) is 15.1 Å². The van der Waals surface area contributed by atoms with E-state index in [4.69, 9.17) is 4.74 Å². The molecule has 1 atom stereocenters. The molecule has 2 fully saturated rings. The molecular formula is C33H35N3O5. The van der Waals surface area contributed by atoms with E-state index in [-0.39, 0.29) is 18.4 Å². The number of nitrogens with zero attached hydrogens (tertiary/aromatic N) is 2. The van der Waals surface area contributed by atoms with Gasteiger partial charge in [-0.15, -0.1) is 0 Å². The third kappa shape index (κ3) is 5.32. The van der Waals surface area contributed by atoms with Crippen molar-refractivity contribution in [3.8, 4) is 11.1 Å². The van der Waals surface area contributed by atoms with Crippen molar-refractivity contribution < 1.29 is 24.2 Å². The Bertz CT molecular complexity index is 1390. The molecule has 2 N–H and O–H groups in total. The van der Waals surface area contributed by atoms with Gasteiger partial charge in [0.15, 0.2) is 0 Å². The molecule has 3 aliphatic rings. The number of nitrogens with one attached hydrogen (secondary N) is 1. The van der Waals surface area contributed by atoms with Gasteiger partial charge in [-0.1, -0.05) is 78.9 Å². The highest BCUT2D eigenvalue weighted by atomic mass is 16.5. The highest BCUT2D eigenvalue weighted by Gasteiger charge is 2.49. The Balaban J connectivity index is 1.18. The number of amides is 2. The number of carbonyl (C=O) groups excluding carboxylic acids is 2. The van der Waals surface area contributed by atoms with E-state index < -0.39 is 23.6 Å². The summed E-state index contributed by atoms with van der Waals surface area (Å²) in [6.07, 6.45) is 1.16. The van der Waals surface area contributed by atoms with Gasteiger partial charge in [-0.2, -0.15) is 0 Å². The number of piperidine rings is 1. The van der Waals surface area contributed by atoms with Crippen LogP contribution in [0.3, 0.4) is 0 Å². The van der Waals surface area contributed by atoms with Gasteiger partial charge in [0.25, 0.3) is 0 Å². The fourth-order valence-corrected chi connectivity index (χ4v) is 6.70. The van der Waals surface area contributed by atoms with E-state index in [1.54, 1.807) is 0 Å². The summed E-state index contributed by atoms with van der Waals surface area (Å²) in [4.78, 5) is 43.0. The normalized spacial score (nSPS) is 19.8. The Morgan fingerprint density at radius 2 is 1.46 bits per heavy atom. The second-order valence-corrected chi connectivity index (χ2v) is 11.3. The lowest BCUT2D eigenvalue weighted by Crippen LogP contribution is -2.65. The predicted octanol–water partition coefficient (Wildman–Crippen LogP) is 4.64. The Labute approximate surface area is 239 Å². The lowest BCUT2D eigenvalue weighted by molar-refractivity contribution is -0.152. The molecule has 3 aromatic rings. The summed E-state index contributed by atoms with van der Waals surface area (Å²) < 4.78 is 5.83. The number of carboxylic acids is 1. The molecule has 3 aromatic carbocycles. The number of fused-ring (bicyclic) bond motifs is 3. The Hall–Kier alpha value is -4.17. The van der Waals surface area contributed by atoms with Gasteiger partial charge in [-0.3, -0.25) is 9.69 Å².